The van der Waals surface area contributed by atoms with Gasteiger partial charge < -0.3 is 20.7 Å². The summed E-state index contributed by atoms with van der Waals surface area (Å²) in [6, 6.07) is 13.1. The van der Waals surface area contributed by atoms with Gasteiger partial charge >= 0.3 is 0 Å². The van der Waals surface area contributed by atoms with Crippen LogP contribution in [0.15, 0.2) is 42.5 Å². The van der Waals surface area contributed by atoms with Crippen LogP contribution in [-0.2, 0) is 4.79 Å². The number of para-hydroxylation sites is 1. The number of nitrogens with one attached hydrogen (secondary N) is 3. The molecule has 1 aliphatic heterocycles. The van der Waals surface area contributed by atoms with Crippen LogP contribution in [0, 0.1) is 6.92 Å². The average Bonchev–Trinajstić information content (AvgIpc) is 3.15. The number of benzene rings is 2. The SMILES string of the molecule is COc1ccc(-c2nc3c4cccc(C)c4nc(N[C@H]4CNCCNC4=O)n3n2)cc1. The number of nitrogens with zero attached hydrogens (tertiary/aromatic N) is 4. The zero-order valence-corrected chi connectivity index (χ0v) is 17.3. The number of fused-ring (bicyclic) bond motifs is 3. The molecule has 1 atom stereocenters. The maximum Gasteiger partial charge on any atom is 0.243 e. The molecular weight excluding hydrogens is 394 g/mol. The van der Waals surface area contributed by atoms with E-state index in [1.165, 1.54) is 0 Å². The van der Waals surface area contributed by atoms with Crippen molar-refractivity contribution in [2.45, 2.75) is 13.0 Å². The number of rotatable bonds is 4. The molecule has 9 heteroatoms. The molecular formula is C22H23N7O2. The Labute approximate surface area is 178 Å². The van der Waals surface area contributed by atoms with E-state index in [1.807, 2.05) is 49.4 Å². The first-order valence-corrected chi connectivity index (χ1v) is 10.2. The Morgan fingerprint density at radius 3 is 2.77 bits per heavy atom. The molecule has 3 N–H and O–H groups in total. The van der Waals surface area contributed by atoms with E-state index >= 15 is 0 Å². The number of ether oxygens (including phenoxy) is 1. The van der Waals surface area contributed by atoms with E-state index in [1.54, 1.807) is 11.6 Å². The predicted octanol–water partition coefficient (Wildman–Crippen LogP) is 1.76. The normalized spacial score (nSPS) is 16.8. The molecule has 31 heavy (non-hydrogen) atoms. The first-order chi connectivity index (χ1) is 15.1. The zero-order chi connectivity index (χ0) is 21.4. The highest BCUT2D eigenvalue weighted by molar-refractivity contribution is 5.95. The second-order valence-electron chi connectivity index (χ2n) is 7.50. The van der Waals surface area contributed by atoms with Crippen LogP contribution in [0.5, 0.6) is 5.75 Å². The van der Waals surface area contributed by atoms with Crippen LogP contribution >= 0.6 is 0 Å². The van der Waals surface area contributed by atoms with Gasteiger partial charge in [0.25, 0.3) is 0 Å². The van der Waals surface area contributed by atoms with E-state index in [-0.39, 0.29) is 5.91 Å². The van der Waals surface area contributed by atoms with Gasteiger partial charge in [0, 0.05) is 30.6 Å². The van der Waals surface area contributed by atoms with Gasteiger partial charge in [-0.25, -0.2) is 9.97 Å². The fourth-order valence-electron chi connectivity index (χ4n) is 3.74. The number of carbonyl (C=O) groups is 1. The molecule has 158 valence electrons. The van der Waals surface area contributed by atoms with Crippen molar-refractivity contribution in [2.24, 2.45) is 0 Å². The molecule has 0 spiro atoms. The third kappa shape index (κ3) is 3.53. The number of methoxy groups -OCH3 is 1. The first kappa shape index (κ1) is 19.3. The van der Waals surface area contributed by atoms with Gasteiger partial charge in [-0.2, -0.15) is 4.52 Å². The quantitative estimate of drug-likeness (QED) is 0.465. The number of aryl methyl sites for hydroxylation is 1. The molecule has 0 aliphatic carbocycles. The summed E-state index contributed by atoms with van der Waals surface area (Å²) in [5.74, 6) is 1.75. The molecule has 0 radical (unpaired) electrons. The fourth-order valence-corrected chi connectivity index (χ4v) is 3.74. The third-order valence-electron chi connectivity index (χ3n) is 5.42. The van der Waals surface area contributed by atoms with Crippen molar-refractivity contribution in [1.29, 1.82) is 0 Å². The van der Waals surface area contributed by atoms with Crippen LogP contribution in [0.2, 0.25) is 0 Å². The minimum atomic E-state index is -0.465. The van der Waals surface area contributed by atoms with Crippen molar-refractivity contribution < 1.29 is 9.53 Å². The third-order valence-corrected chi connectivity index (χ3v) is 5.42. The predicted molar refractivity (Wildman–Crippen MR) is 118 cm³/mol. The van der Waals surface area contributed by atoms with Gasteiger partial charge in [-0.1, -0.05) is 12.1 Å². The lowest BCUT2D eigenvalue weighted by Gasteiger charge is -2.17. The fraction of sp³-hybridized carbons (Fsp3) is 0.273. The smallest absolute Gasteiger partial charge is 0.243 e. The Morgan fingerprint density at radius 1 is 1.13 bits per heavy atom. The van der Waals surface area contributed by atoms with E-state index in [9.17, 15) is 4.79 Å². The zero-order valence-electron chi connectivity index (χ0n) is 17.3. The molecule has 4 aromatic rings. The molecule has 1 fully saturated rings. The molecule has 1 aliphatic rings. The number of carbonyl (C=O) groups excluding carboxylic acids is 1. The summed E-state index contributed by atoms with van der Waals surface area (Å²) in [7, 11) is 1.63. The molecule has 1 amide bonds. The van der Waals surface area contributed by atoms with Crippen LogP contribution in [-0.4, -0.2) is 58.3 Å². The number of hydrogen-bond donors (Lipinski definition) is 3. The minimum absolute atomic E-state index is 0.0691. The van der Waals surface area contributed by atoms with Crippen molar-refractivity contribution in [3.8, 4) is 17.1 Å². The second kappa shape index (κ2) is 7.84. The van der Waals surface area contributed by atoms with Gasteiger partial charge in [0.05, 0.1) is 12.6 Å². The maximum atomic E-state index is 12.5. The van der Waals surface area contributed by atoms with Crippen molar-refractivity contribution in [3.05, 3.63) is 48.0 Å². The summed E-state index contributed by atoms with van der Waals surface area (Å²) in [4.78, 5) is 22.1. The summed E-state index contributed by atoms with van der Waals surface area (Å²) in [5, 5.41) is 15.1. The minimum Gasteiger partial charge on any atom is -0.497 e. The van der Waals surface area contributed by atoms with Crippen molar-refractivity contribution in [2.75, 3.05) is 32.1 Å². The Balaban J connectivity index is 1.66. The van der Waals surface area contributed by atoms with Crippen LogP contribution in [0.4, 0.5) is 5.95 Å². The Bertz CT molecular complexity index is 1270. The topological polar surface area (TPSA) is 105 Å². The Morgan fingerprint density at radius 2 is 1.97 bits per heavy atom. The van der Waals surface area contributed by atoms with Crippen molar-refractivity contribution in [3.63, 3.8) is 0 Å². The summed E-state index contributed by atoms with van der Waals surface area (Å²) in [6.07, 6.45) is 0. The lowest BCUT2D eigenvalue weighted by molar-refractivity contribution is -0.121. The highest BCUT2D eigenvalue weighted by Crippen LogP contribution is 2.27. The molecule has 0 unspecified atom stereocenters. The molecule has 2 aromatic carbocycles. The summed E-state index contributed by atoms with van der Waals surface area (Å²) < 4.78 is 6.93. The van der Waals surface area contributed by atoms with Crippen LogP contribution in [0.3, 0.4) is 0 Å². The molecule has 1 saturated heterocycles. The lowest BCUT2D eigenvalue weighted by atomic mass is 10.1. The highest BCUT2D eigenvalue weighted by atomic mass is 16.5. The van der Waals surface area contributed by atoms with Crippen LogP contribution < -0.4 is 20.7 Å². The molecule has 0 saturated carbocycles. The summed E-state index contributed by atoms with van der Waals surface area (Å²) in [6.45, 7) is 3.84. The molecule has 5 rings (SSSR count). The molecule has 0 bridgehead atoms. The first-order valence-electron chi connectivity index (χ1n) is 10.2. The summed E-state index contributed by atoms with van der Waals surface area (Å²) in [5.41, 5.74) is 3.41. The Hall–Kier alpha value is -3.72. The highest BCUT2D eigenvalue weighted by Gasteiger charge is 2.23. The second-order valence-corrected chi connectivity index (χ2v) is 7.50. The van der Waals surface area contributed by atoms with Gasteiger partial charge in [-0.15, -0.1) is 5.10 Å². The van der Waals surface area contributed by atoms with Crippen molar-refractivity contribution >= 4 is 28.4 Å². The van der Waals surface area contributed by atoms with Gasteiger partial charge in [0.1, 0.15) is 11.8 Å². The van der Waals surface area contributed by atoms with E-state index < -0.39 is 6.04 Å². The number of hydrogen-bond acceptors (Lipinski definition) is 7. The largest absolute Gasteiger partial charge is 0.497 e. The maximum absolute atomic E-state index is 12.5. The number of anilines is 1. The van der Waals surface area contributed by atoms with Gasteiger partial charge in [0.15, 0.2) is 11.5 Å². The van der Waals surface area contributed by atoms with Crippen molar-refractivity contribution in [1.82, 2.24) is 30.2 Å². The van der Waals surface area contributed by atoms with E-state index in [0.717, 1.165) is 34.3 Å². The lowest BCUT2D eigenvalue weighted by Crippen LogP contribution is -2.42. The monoisotopic (exact) mass is 417 g/mol. The van der Waals surface area contributed by atoms with Crippen LogP contribution in [0.25, 0.3) is 27.9 Å². The molecule has 2 aromatic heterocycles. The summed E-state index contributed by atoms with van der Waals surface area (Å²) >= 11 is 0. The number of aromatic nitrogens is 4. The molecule has 9 nitrogen and oxygen atoms in total. The van der Waals surface area contributed by atoms with E-state index in [2.05, 4.69) is 16.0 Å². The standard InChI is InChI=1S/C22H23N7O2/c1-13-4-3-5-16-18(13)26-22(25-17-12-23-10-11-24-21(17)30)29-20(16)27-19(28-29)14-6-8-15(31-2)9-7-14/h3-9,17,23H,10-12H2,1-2H3,(H,24,30)(H,25,26)/t17-/m0/s1. The van der Waals surface area contributed by atoms with Crippen LogP contribution in [0.1, 0.15) is 5.56 Å². The van der Waals surface area contributed by atoms with Gasteiger partial charge in [-0.05, 0) is 42.8 Å². The van der Waals surface area contributed by atoms with Gasteiger partial charge in [-0.3, -0.25) is 4.79 Å². The Kier molecular flexibility index (Phi) is 4.87. The van der Waals surface area contributed by atoms with Gasteiger partial charge in [0.2, 0.25) is 11.9 Å². The molecule has 3 heterocycles. The number of amides is 1. The average molecular weight is 417 g/mol. The van der Waals surface area contributed by atoms with E-state index in [4.69, 9.17) is 19.8 Å². The van der Waals surface area contributed by atoms with E-state index in [0.29, 0.717) is 30.5 Å².